The number of carbonyl (C=O) groups is 2. The molecule has 3 unspecified atom stereocenters. The summed E-state index contributed by atoms with van der Waals surface area (Å²) < 4.78 is 0. The highest BCUT2D eigenvalue weighted by Crippen LogP contribution is 2.58. The van der Waals surface area contributed by atoms with E-state index >= 15 is 0 Å². The normalized spacial score (nSPS) is 37.5. The number of hydrogen-bond acceptors (Lipinski definition) is 3. The summed E-state index contributed by atoms with van der Waals surface area (Å²) in [5, 5.41) is 3.12. The molecule has 0 radical (unpaired) electrons. The highest BCUT2D eigenvalue weighted by Gasteiger charge is 2.57. The Hall–Kier alpha value is -0.810. The number of piperidine rings is 1. The second kappa shape index (κ2) is 6.36. The lowest BCUT2D eigenvalue weighted by Gasteiger charge is -2.41. The van der Waals surface area contributed by atoms with Gasteiger partial charge in [-0.25, -0.2) is 0 Å². The molecule has 3 atom stereocenters. The van der Waals surface area contributed by atoms with Crippen LogP contribution >= 0.6 is 12.4 Å². The molecule has 1 N–H and O–H groups in total. The molecule has 0 aromatic carbocycles. The maximum atomic E-state index is 12.7. The smallest absolute Gasteiger partial charge is 0.236 e. The fourth-order valence-electron chi connectivity index (χ4n) is 4.82. The predicted octanol–water partition coefficient (Wildman–Crippen LogP) is 0.877. The summed E-state index contributed by atoms with van der Waals surface area (Å²) in [6.45, 7) is 3.78. The minimum atomic E-state index is 0. The number of carbonyl (C=O) groups excluding carboxylic acids is 2. The van der Waals surface area contributed by atoms with Gasteiger partial charge in [-0.1, -0.05) is 6.42 Å². The second-order valence-electron chi connectivity index (χ2n) is 7.13. The van der Waals surface area contributed by atoms with Crippen molar-refractivity contribution in [3.8, 4) is 0 Å². The van der Waals surface area contributed by atoms with Crippen molar-refractivity contribution in [1.29, 1.82) is 0 Å². The number of piperazine rings is 1. The molecule has 4 fully saturated rings. The molecule has 0 bridgehead atoms. The SMILES string of the molecule is Cl.O=C(C1C2CCCC21)N1CCCC(N2CCNCC2=O)C1. The van der Waals surface area contributed by atoms with Crippen molar-refractivity contribution in [3.05, 3.63) is 0 Å². The molecule has 4 aliphatic rings. The topological polar surface area (TPSA) is 52.7 Å². The minimum absolute atomic E-state index is 0. The molecule has 0 aromatic rings. The average Bonchev–Trinajstić information content (AvgIpc) is 2.99. The van der Waals surface area contributed by atoms with Crippen molar-refractivity contribution in [3.63, 3.8) is 0 Å². The Labute approximate surface area is 138 Å². The van der Waals surface area contributed by atoms with E-state index in [9.17, 15) is 9.59 Å². The van der Waals surface area contributed by atoms with Crippen LogP contribution in [0.2, 0.25) is 0 Å². The van der Waals surface area contributed by atoms with Crippen molar-refractivity contribution in [2.75, 3.05) is 32.7 Å². The molecule has 0 aromatic heterocycles. The largest absolute Gasteiger partial charge is 0.340 e. The van der Waals surface area contributed by atoms with E-state index in [0.717, 1.165) is 39.0 Å². The van der Waals surface area contributed by atoms with E-state index in [1.54, 1.807) is 0 Å². The van der Waals surface area contributed by atoms with Crippen molar-refractivity contribution in [1.82, 2.24) is 15.1 Å². The van der Waals surface area contributed by atoms with Gasteiger partial charge in [-0.15, -0.1) is 12.4 Å². The molecule has 22 heavy (non-hydrogen) atoms. The molecule has 2 amide bonds. The van der Waals surface area contributed by atoms with Gasteiger partial charge >= 0.3 is 0 Å². The lowest BCUT2D eigenvalue weighted by molar-refractivity contribution is -0.141. The Morgan fingerprint density at radius 2 is 1.86 bits per heavy atom. The summed E-state index contributed by atoms with van der Waals surface area (Å²) >= 11 is 0. The van der Waals surface area contributed by atoms with E-state index in [1.807, 2.05) is 4.90 Å². The molecule has 6 heteroatoms. The van der Waals surface area contributed by atoms with Crippen LogP contribution in [0.3, 0.4) is 0 Å². The fourth-order valence-corrected chi connectivity index (χ4v) is 4.82. The van der Waals surface area contributed by atoms with Gasteiger partial charge in [0.25, 0.3) is 0 Å². The summed E-state index contributed by atoms with van der Waals surface area (Å²) in [7, 11) is 0. The Morgan fingerprint density at radius 3 is 2.59 bits per heavy atom. The maximum Gasteiger partial charge on any atom is 0.236 e. The van der Waals surface area contributed by atoms with Gasteiger partial charge in [0.1, 0.15) is 0 Å². The van der Waals surface area contributed by atoms with Crippen molar-refractivity contribution >= 4 is 24.2 Å². The standard InChI is InChI=1S/C16H25N3O2.ClH/c20-14-9-17-6-8-19(14)11-3-2-7-18(10-11)16(21)15-12-4-1-5-13(12)15;/h11-13,15,17H,1-10H2;1H. The van der Waals surface area contributed by atoms with E-state index in [2.05, 4.69) is 10.2 Å². The van der Waals surface area contributed by atoms with Crippen LogP contribution in [0.25, 0.3) is 0 Å². The fraction of sp³-hybridized carbons (Fsp3) is 0.875. The van der Waals surface area contributed by atoms with Crippen LogP contribution in [-0.2, 0) is 9.59 Å². The number of hydrogen-bond donors (Lipinski definition) is 1. The Kier molecular flexibility index (Phi) is 4.64. The van der Waals surface area contributed by atoms with E-state index in [0.29, 0.717) is 30.2 Å². The van der Waals surface area contributed by atoms with Crippen LogP contribution in [0.5, 0.6) is 0 Å². The van der Waals surface area contributed by atoms with Crippen LogP contribution in [-0.4, -0.2) is 60.4 Å². The number of nitrogens with one attached hydrogen (secondary N) is 1. The van der Waals surface area contributed by atoms with Gasteiger partial charge in [-0.05, 0) is 37.5 Å². The average molecular weight is 328 g/mol. The van der Waals surface area contributed by atoms with Crippen LogP contribution in [0, 0.1) is 17.8 Å². The van der Waals surface area contributed by atoms with Gasteiger partial charge in [0.15, 0.2) is 0 Å². The van der Waals surface area contributed by atoms with E-state index < -0.39 is 0 Å². The molecule has 2 saturated heterocycles. The Balaban J connectivity index is 0.00000144. The first kappa shape index (κ1) is 16.1. The van der Waals surface area contributed by atoms with Crippen molar-refractivity contribution in [2.45, 2.75) is 38.1 Å². The molecule has 4 rings (SSSR count). The summed E-state index contributed by atoms with van der Waals surface area (Å²) in [6, 6.07) is 0.246. The molecule has 0 spiro atoms. The van der Waals surface area contributed by atoms with Crippen LogP contribution in [0.1, 0.15) is 32.1 Å². The lowest BCUT2D eigenvalue weighted by Crippen LogP contribution is -2.57. The quantitative estimate of drug-likeness (QED) is 0.819. The second-order valence-corrected chi connectivity index (χ2v) is 7.13. The molecular formula is C16H26ClN3O2. The zero-order valence-electron chi connectivity index (χ0n) is 13.0. The molecule has 5 nitrogen and oxygen atoms in total. The van der Waals surface area contributed by atoms with Gasteiger partial charge in [0, 0.05) is 38.1 Å². The third-order valence-electron chi connectivity index (χ3n) is 5.97. The maximum absolute atomic E-state index is 12.7. The number of nitrogens with zero attached hydrogens (tertiary/aromatic N) is 2. The highest BCUT2D eigenvalue weighted by molar-refractivity contribution is 5.85. The van der Waals surface area contributed by atoms with E-state index in [1.165, 1.54) is 19.3 Å². The molecule has 2 saturated carbocycles. The number of likely N-dealkylation sites (tertiary alicyclic amines) is 1. The molecule has 124 valence electrons. The predicted molar refractivity (Wildman–Crippen MR) is 85.8 cm³/mol. The first-order valence-corrected chi connectivity index (χ1v) is 8.54. The third kappa shape index (κ3) is 2.73. The molecule has 2 heterocycles. The van der Waals surface area contributed by atoms with Gasteiger partial charge in [-0.2, -0.15) is 0 Å². The Morgan fingerprint density at radius 1 is 1.09 bits per heavy atom. The third-order valence-corrected chi connectivity index (χ3v) is 5.97. The zero-order chi connectivity index (χ0) is 14.4. The van der Waals surface area contributed by atoms with Gasteiger partial charge < -0.3 is 15.1 Å². The van der Waals surface area contributed by atoms with Crippen molar-refractivity contribution in [2.24, 2.45) is 17.8 Å². The molecule has 2 aliphatic carbocycles. The minimum Gasteiger partial charge on any atom is -0.340 e. The van der Waals surface area contributed by atoms with E-state index in [-0.39, 0.29) is 24.4 Å². The molecule has 2 aliphatic heterocycles. The zero-order valence-corrected chi connectivity index (χ0v) is 13.8. The van der Waals surface area contributed by atoms with Gasteiger partial charge in [-0.3, -0.25) is 9.59 Å². The first-order chi connectivity index (χ1) is 10.3. The number of halogens is 1. The van der Waals surface area contributed by atoms with Crippen LogP contribution in [0.15, 0.2) is 0 Å². The van der Waals surface area contributed by atoms with Gasteiger partial charge in [0.2, 0.25) is 11.8 Å². The lowest BCUT2D eigenvalue weighted by atomic mass is 10.0. The summed E-state index contributed by atoms with van der Waals surface area (Å²) in [4.78, 5) is 28.8. The summed E-state index contributed by atoms with van der Waals surface area (Å²) in [5.74, 6) is 2.30. The van der Waals surface area contributed by atoms with E-state index in [4.69, 9.17) is 0 Å². The molecular weight excluding hydrogens is 302 g/mol. The van der Waals surface area contributed by atoms with Gasteiger partial charge in [0.05, 0.1) is 6.54 Å². The summed E-state index contributed by atoms with van der Waals surface area (Å²) in [5.41, 5.74) is 0. The number of amides is 2. The van der Waals surface area contributed by atoms with Crippen molar-refractivity contribution < 1.29 is 9.59 Å². The summed E-state index contributed by atoms with van der Waals surface area (Å²) in [6.07, 6.45) is 5.92. The van der Waals surface area contributed by atoms with Crippen LogP contribution < -0.4 is 5.32 Å². The first-order valence-electron chi connectivity index (χ1n) is 8.54. The Bertz CT molecular complexity index is 449. The number of rotatable bonds is 2. The monoisotopic (exact) mass is 327 g/mol. The van der Waals surface area contributed by atoms with Crippen LogP contribution in [0.4, 0.5) is 0 Å². The highest BCUT2D eigenvalue weighted by atomic mass is 35.5. The number of fused-ring (bicyclic) bond motifs is 1.